The second kappa shape index (κ2) is 17.6. The lowest BCUT2D eigenvalue weighted by Crippen LogP contribution is -2.16. The highest BCUT2D eigenvalue weighted by molar-refractivity contribution is 8.33. The molecule has 0 unspecified atom stereocenters. The summed E-state index contributed by atoms with van der Waals surface area (Å²) < 4.78 is 0. The van der Waals surface area contributed by atoms with Crippen LogP contribution >= 0.6 is 10.0 Å². The topological polar surface area (TPSA) is 79.0 Å². The predicted octanol–water partition coefficient (Wildman–Crippen LogP) is 5.21. The van der Waals surface area contributed by atoms with Crippen molar-refractivity contribution in [3.05, 3.63) is 0 Å². The van der Waals surface area contributed by atoms with Crippen LogP contribution in [0.5, 0.6) is 0 Å². The minimum absolute atomic E-state index is 0. The van der Waals surface area contributed by atoms with Crippen molar-refractivity contribution in [3.8, 4) is 6.26 Å². The van der Waals surface area contributed by atoms with Crippen LogP contribution in [-0.4, -0.2) is 28.1 Å². The van der Waals surface area contributed by atoms with Crippen molar-refractivity contribution in [2.75, 3.05) is 23.0 Å². The summed E-state index contributed by atoms with van der Waals surface area (Å²) in [6.45, 7) is 9.44. The predicted molar refractivity (Wildman–Crippen MR) is 90.0 cm³/mol. The number of rotatable bonds is 10. The van der Waals surface area contributed by atoms with Gasteiger partial charge < -0.3 is 11.3 Å². The maximum atomic E-state index is 6.88. The summed E-state index contributed by atoms with van der Waals surface area (Å²) >= 11 is 0. The van der Waals surface area contributed by atoms with Gasteiger partial charge in [-0.3, -0.25) is 0 Å². The molecule has 118 valence electrons. The molecule has 0 aliphatic rings. The maximum absolute atomic E-state index is 6.88. The van der Waals surface area contributed by atoms with E-state index >= 15 is 0 Å². The summed E-state index contributed by atoms with van der Waals surface area (Å²) in [5.41, 5.74) is 0. The molecule has 0 aliphatic heterocycles. The van der Waals surface area contributed by atoms with Gasteiger partial charge in [0.15, 0.2) is 0 Å². The van der Waals surface area contributed by atoms with Crippen molar-refractivity contribution >= 4 is 10.0 Å². The first-order chi connectivity index (χ1) is 8.66. The average Bonchev–Trinajstić information content (AvgIpc) is 2.39. The summed E-state index contributed by atoms with van der Waals surface area (Å²) in [6, 6.07) is 0. The van der Waals surface area contributed by atoms with Crippen LogP contribution in [0, 0.1) is 11.5 Å². The van der Waals surface area contributed by atoms with E-state index in [0.29, 0.717) is 0 Å². The highest BCUT2D eigenvalue weighted by Gasteiger charge is 2.19. The van der Waals surface area contributed by atoms with Gasteiger partial charge in [0.1, 0.15) is 0 Å². The lowest BCUT2D eigenvalue weighted by Gasteiger charge is -2.40. The van der Waals surface area contributed by atoms with Gasteiger partial charge in [-0.15, -0.1) is 0 Å². The molecule has 0 radical (unpaired) electrons. The Morgan fingerprint density at radius 1 is 0.842 bits per heavy atom. The Balaban J connectivity index is -0.000000580. The molecule has 3 nitrogen and oxygen atoms in total. The van der Waals surface area contributed by atoms with Gasteiger partial charge in [-0.1, -0.05) is 47.0 Å². The Kier molecular flexibility index (Phi) is 21.9. The summed E-state index contributed by atoms with van der Waals surface area (Å²) in [5.74, 6) is 6.15. The lowest BCUT2D eigenvalue weighted by molar-refractivity contribution is 0.503. The fourth-order valence-electron chi connectivity index (χ4n) is 2.09. The largest absolute Gasteiger partial charge is 0.443 e. The van der Waals surface area contributed by atoms with Crippen LogP contribution in [-0.2, 0) is 0 Å². The van der Waals surface area contributed by atoms with E-state index in [4.69, 9.17) is 10.4 Å². The Morgan fingerprint density at radius 3 is 1.26 bits per heavy atom. The zero-order chi connectivity index (χ0) is 14.3. The zero-order valence-electron chi connectivity index (χ0n) is 13.6. The Hall–Kier alpha value is -0.400. The van der Waals surface area contributed by atoms with E-state index in [-0.39, 0.29) is 16.2 Å². The van der Waals surface area contributed by atoms with Crippen molar-refractivity contribution in [2.24, 2.45) is 0 Å². The summed E-state index contributed by atoms with van der Waals surface area (Å²) in [7, 11) is -0.221. The van der Waals surface area contributed by atoms with E-state index in [0.717, 1.165) is 6.26 Å². The molecule has 4 heteroatoms. The minimum atomic E-state index is -0.221. The lowest BCUT2D eigenvalue weighted by atomic mass is 10.4. The van der Waals surface area contributed by atoms with Gasteiger partial charge >= 0.3 is 0 Å². The Bertz CT molecular complexity index is 183. The normalized spacial score (nSPS) is 10.7. The number of nitriles is 1. The van der Waals surface area contributed by atoms with E-state index in [1.807, 2.05) is 0 Å². The molecule has 0 heterocycles. The molecular formula is C15H36N2OS. The van der Waals surface area contributed by atoms with Gasteiger partial charge in [0.25, 0.3) is 6.26 Å². The molecule has 19 heavy (non-hydrogen) atoms. The van der Waals surface area contributed by atoms with Crippen molar-refractivity contribution in [1.29, 1.82) is 5.26 Å². The standard InChI is InChI=1S/C14H32S.CHNO.H3N/c1-5-9-12-15(8-4,13-10-6-2)14-11-7-3;2-1-3;/h5-14H2,1-4H3;3H;1H3. The van der Waals surface area contributed by atoms with Crippen LogP contribution in [0.15, 0.2) is 0 Å². The fourth-order valence-corrected chi connectivity index (χ4v) is 6.27. The molecule has 0 fully saturated rings. The number of aliphatic hydroxyl groups excluding tert-OH is 1. The van der Waals surface area contributed by atoms with Crippen molar-refractivity contribution < 1.29 is 5.11 Å². The molecule has 4 N–H and O–H groups in total. The molecule has 0 aliphatic carbocycles. The van der Waals surface area contributed by atoms with Crippen LogP contribution in [0.25, 0.3) is 0 Å². The number of hydrogen-bond acceptors (Lipinski definition) is 3. The van der Waals surface area contributed by atoms with Gasteiger partial charge in [-0.25, -0.2) is 10.0 Å². The molecular weight excluding hydrogens is 256 g/mol. The molecule has 0 bridgehead atoms. The second-order valence-corrected chi connectivity index (χ2v) is 9.04. The first kappa shape index (κ1) is 23.7. The molecule has 0 amide bonds. The van der Waals surface area contributed by atoms with Gasteiger partial charge in [0.2, 0.25) is 0 Å². The van der Waals surface area contributed by atoms with Gasteiger partial charge in [-0.2, -0.15) is 5.26 Å². The van der Waals surface area contributed by atoms with Crippen molar-refractivity contribution in [2.45, 2.75) is 66.2 Å². The number of nitrogens with zero attached hydrogens (tertiary/aromatic N) is 1. The SMILES string of the molecule is CCCCS(CC)(CCCC)CCCC.N.N#CO. The highest BCUT2D eigenvalue weighted by Crippen LogP contribution is 2.49. The highest BCUT2D eigenvalue weighted by atomic mass is 32.3. The molecule has 0 saturated carbocycles. The summed E-state index contributed by atoms with van der Waals surface area (Å²) in [5, 5.41) is 13.8. The first-order valence-electron chi connectivity index (χ1n) is 7.43. The van der Waals surface area contributed by atoms with E-state index in [9.17, 15) is 0 Å². The van der Waals surface area contributed by atoms with Gasteiger partial charge in [0, 0.05) is 0 Å². The summed E-state index contributed by atoms with van der Waals surface area (Å²) in [4.78, 5) is 0. The van der Waals surface area contributed by atoms with Crippen LogP contribution < -0.4 is 6.15 Å². The Labute approximate surface area is 122 Å². The molecule has 0 spiro atoms. The van der Waals surface area contributed by atoms with Crippen LogP contribution in [0.4, 0.5) is 0 Å². The smallest absolute Gasteiger partial charge is 0.283 e. The van der Waals surface area contributed by atoms with E-state index in [2.05, 4.69) is 27.7 Å². The average molecular weight is 293 g/mol. The van der Waals surface area contributed by atoms with Crippen LogP contribution in [0.3, 0.4) is 0 Å². The Morgan fingerprint density at radius 2 is 1.11 bits per heavy atom. The van der Waals surface area contributed by atoms with Crippen LogP contribution in [0.1, 0.15) is 66.2 Å². The third-order valence-corrected chi connectivity index (χ3v) is 8.09. The van der Waals surface area contributed by atoms with Gasteiger partial charge in [0.05, 0.1) is 0 Å². The molecule has 0 aromatic heterocycles. The quantitative estimate of drug-likeness (QED) is 0.542. The zero-order valence-corrected chi connectivity index (χ0v) is 14.4. The minimum Gasteiger partial charge on any atom is -0.443 e. The first-order valence-corrected chi connectivity index (χ1v) is 9.74. The molecule has 0 saturated heterocycles. The fraction of sp³-hybridized carbons (Fsp3) is 0.933. The van der Waals surface area contributed by atoms with E-state index < -0.39 is 0 Å². The molecule has 0 rings (SSSR count). The van der Waals surface area contributed by atoms with Gasteiger partial charge in [-0.05, 0) is 42.3 Å². The summed E-state index contributed by atoms with van der Waals surface area (Å²) in [6.07, 6.45) is 9.30. The maximum Gasteiger partial charge on any atom is 0.283 e. The van der Waals surface area contributed by atoms with E-state index in [1.165, 1.54) is 44.3 Å². The monoisotopic (exact) mass is 292 g/mol. The van der Waals surface area contributed by atoms with Crippen molar-refractivity contribution in [1.82, 2.24) is 6.15 Å². The van der Waals surface area contributed by atoms with Crippen LogP contribution in [0.2, 0.25) is 0 Å². The number of unbranched alkanes of at least 4 members (excludes halogenated alkanes) is 3. The molecule has 0 aromatic carbocycles. The van der Waals surface area contributed by atoms with Crippen molar-refractivity contribution in [3.63, 3.8) is 0 Å². The third kappa shape index (κ3) is 13.8. The number of hydrogen-bond donors (Lipinski definition) is 2. The second-order valence-electron chi connectivity index (χ2n) is 4.79. The van der Waals surface area contributed by atoms with E-state index in [1.54, 1.807) is 17.3 Å². The third-order valence-electron chi connectivity index (χ3n) is 3.41. The molecule has 0 atom stereocenters. The molecule has 0 aromatic rings. The number of aliphatic hydroxyl groups is 1.